The van der Waals surface area contributed by atoms with Gasteiger partial charge in [0, 0.05) is 25.7 Å². The Balaban J connectivity index is 1.94. The third-order valence-corrected chi connectivity index (χ3v) is 4.98. The molecule has 1 aliphatic carbocycles. The summed E-state index contributed by atoms with van der Waals surface area (Å²) < 4.78 is 0. The van der Waals surface area contributed by atoms with Gasteiger partial charge in [0.05, 0.1) is 5.92 Å². The fourth-order valence-corrected chi connectivity index (χ4v) is 3.65. The predicted octanol–water partition coefficient (Wildman–Crippen LogP) is 1.37. The summed E-state index contributed by atoms with van der Waals surface area (Å²) in [5.74, 6) is 1.22. The van der Waals surface area contributed by atoms with E-state index >= 15 is 0 Å². The first-order valence-electron chi connectivity index (χ1n) is 7.78. The molecule has 0 spiro atoms. The van der Waals surface area contributed by atoms with E-state index in [0.717, 1.165) is 51.6 Å². The smallest absolute Gasteiger partial charge is 0.227 e. The number of rotatable bonds is 3. The number of nitrogens with two attached hydrogens (primary N) is 1. The summed E-state index contributed by atoms with van der Waals surface area (Å²) in [5.41, 5.74) is 6.24. The van der Waals surface area contributed by atoms with Crippen LogP contribution in [0.1, 0.15) is 45.4 Å². The summed E-state index contributed by atoms with van der Waals surface area (Å²) in [4.78, 5) is 14.6. The summed E-state index contributed by atoms with van der Waals surface area (Å²) in [6.07, 6.45) is 6.24. The van der Waals surface area contributed by atoms with Gasteiger partial charge in [-0.25, -0.2) is 0 Å². The molecule has 0 aromatic heterocycles. The van der Waals surface area contributed by atoms with Crippen LogP contribution in [-0.4, -0.2) is 41.7 Å². The maximum atomic E-state index is 12.6. The van der Waals surface area contributed by atoms with Crippen molar-refractivity contribution in [3.05, 3.63) is 0 Å². The van der Waals surface area contributed by atoms with Gasteiger partial charge in [-0.1, -0.05) is 13.3 Å². The van der Waals surface area contributed by atoms with Crippen molar-refractivity contribution in [1.29, 1.82) is 0 Å². The predicted molar refractivity (Wildman–Crippen MR) is 75.5 cm³/mol. The lowest BCUT2D eigenvalue weighted by molar-refractivity contribution is -0.139. The number of carbonyl (C=O) groups excluding carboxylic acids is 1. The van der Waals surface area contributed by atoms with E-state index in [2.05, 4.69) is 6.92 Å². The van der Waals surface area contributed by atoms with E-state index < -0.39 is 0 Å². The quantitative estimate of drug-likeness (QED) is 0.812. The molecule has 2 fully saturated rings. The molecule has 4 unspecified atom stereocenters. The van der Waals surface area contributed by atoms with Gasteiger partial charge >= 0.3 is 0 Å². The molecule has 1 aliphatic heterocycles. The Kier molecular flexibility index (Phi) is 5.22. The Hall–Kier alpha value is -0.610. The molecule has 0 aromatic carbocycles. The first kappa shape index (κ1) is 14.8. The first-order valence-corrected chi connectivity index (χ1v) is 7.78. The van der Waals surface area contributed by atoms with Crippen LogP contribution in [0.2, 0.25) is 0 Å². The molecule has 1 heterocycles. The molecule has 1 saturated heterocycles. The second-order valence-electron chi connectivity index (χ2n) is 6.40. The van der Waals surface area contributed by atoms with Crippen molar-refractivity contribution in [1.82, 2.24) is 4.90 Å². The fraction of sp³-hybridized carbons (Fsp3) is 0.933. The van der Waals surface area contributed by atoms with Gasteiger partial charge in [-0.05, 0) is 43.9 Å². The highest BCUT2D eigenvalue weighted by molar-refractivity contribution is 5.79. The maximum Gasteiger partial charge on any atom is 0.227 e. The number of piperidine rings is 1. The molecule has 2 aliphatic rings. The van der Waals surface area contributed by atoms with Crippen molar-refractivity contribution in [3.63, 3.8) is 0 Å². The topological polar surface area (TPSA) is 66.6 Å². The molecule has 0 bridgehead atoms. The van der Waals surface area contributed by atoms with Crippen molar-refractivity contribution in [2.24, 2.45) is 23.5 Å². The van der Waals surface area contributed by atoms with Gasteiger partial charge in [0.1, 0.15) is 0 Å². The lowest BCUT2D eigenvalue weighted by atomic mass is 9.77. The molecule has 4 atom stereocenters. The normalized spacial score (nSPS) is 36.3. The Morgan fingerprint density at radius 3 is 2.84 bits per heavy atom. The van der Waals surface area contributed by atoms with E-state index in [1.165, 1.54) is 0 Å². The molecular formula is C15H28N2O2. The molecule has 1 saturated carbocycles. The number of aliphatic hydroxyl groups excluding tert-OH is 1. The first-order chi connectivity index (χ1) is 9.13. The number of carbonyl (C=O) groups is 1. The molecule has 4 nitrogen and oxygen atoms in total. The molecule has 1 amide bonds. The number of aliphatic hydroxyl groups is 1. The average Bonchev–Trinajstić information content (AvgIpc) is 2.42. The van der Waals surface area contributed by atoms with E-state index in [0.29, 0.717) is 11.8 Å². The summed E-state index contributed by atoms with van der Waals surface area (Å²) in [5, 5.41) is 9.05. The van der Waals surface area contributed by atoms with Gasteiger partial charge in [-0.15, -0.1) is 0 Å². The van der Waals surface area contributed by atoms with Crippen LogP contribution in [0.4, 0.5) is 0 Å². The third kappa shape index (κ3) is 3.48. The standard InChI is InChI=1S/C15H28N2O2/c1-11-4-2-6-13(14(11)16)15(19)17-8-3-5-12(10-17)7-9-18/h11-14,18H,2-10,16H2,1H3. The molecule has 19 heavy (non-hydrogen) atoms. The van der Waals surface area contributed by atoms with E-state index in [9.17, 15) is 4.79 Å². The van der Waals surface area contributed by atoms with Gasteiger partial charge in [-0.2, -0.15) is 0 Å². The number of likely N-dealkylation sites (tertiary alicyclic amines) is 1. The van der Waals surface area contributed by atoms with E-state index in [4.69, 9.17) is 10.8 Å². The largest absolute Gasteiger partial charge is 0.396 e. The second kappa shape index (κ2) is 6.71. The van der Waals surface area contributed by atoms with Crippen LogP contribution in [0.15, 0.2) is 0 Å². The molecule has 0 aromatic rings. The summed E-state index contributed by atoms with van der Waals surface area (Å²) in [7, 11) is 0. The highest BCUT2D eigenvalue weighted by atomic mass is 16.3. The van der Waals surface area contributed by atoms with Gasteiger partial charge in [-0.3, -0.25) is 4.79 Å². The summed E-state index contributed by atoms with van der Waals surface area (Å²) in [6, 6.07) is 0.0273. The van der Waals surface area contributed by atoms with Crippen LogP contribution in [-0.2, 0) is 4.79 Å². The second-order valence-corrected chi connectivity index (χ2v) is 6.40. The Morgan fingerprint density at radius 1 is 1.32 bits per heavy atom. The summed E-state index contributed by atoms with van der Waals surface area (Å²) >= 11 is 0. The molecule has 0 radical (unpaired) electrons. The van der Waals surface area contributed by atoms with Crippen molar-refractivity contribution in [2.45, 2.75) is 51.5 Å². The Bertz CT molecular complexity index is 307. The Labute approximate surface area is 116 Å². The van der Waals surface area contributed by atoms with Crippen molar-refractivity contribution >= 4 is 5.91 Å². The monoisotopic (exact) mass is 268 g/mol. The zero-order valence-electron chi connectivity index (χ0n) is 12.1. The highest BCUT2D eigenvalue weighted by Gasteiger charge is 2.36. The van der Waals surface area contributed by atoms with Crippen LogP contribution in [0.5, 0.6) is 0 Å². The van der Waals surface area contributed by atoms with Crippen LogP contribution in [0.3, 0.4) is 0 Å². The molecule has 4 heteroatoms. The van der Waals surface area contributed by atoms with Crippen LogP contribution >= 0.6 is 0 Å². The number of hydrogen-bond donors (Lipinski definition) is 2. The minimum absolute atomic E-state index is 0.0247. The minimum atomic E-state index is 0.0247. The third-order valence-electron chi connectivity index (χ3n) is 4.98. The minimum Gasteiger partial charge on any atom is -0.396 e. The lowest BCUT2D eigenvalue weighted by Crippen LogP contribution is -2.51. The molecule has 2 rings (SSSR count). The molecule has 3 N–H and O–H groups in total. The number of nitrogens with zero attached hydrogens (tertiary/aromatic N) is 1. The van der Waals surface area contributed by atoms with Gasteiger partial charge in [0.2, 0.25) is 5.91 Å². The number of amides is 1. The van der Waals surface area contributed by atoms with Gasteiger partial charge in [0.25, 0.3) is 0 Å². The van der Waals surface area contributed by atoms with Crippen molar-refractivity contribution in [2.75, 3.05) is 19.7 Å². The van der Waals surface area contributed by atoms with E-state index in [1.807, 2.05) is 4.90 Å². The van der Waals surface area contributed by atoms with E-state index in [1.54, 1.807) is 0 Å². The summed E-state index contributed by atoms with van der Waals surface area (Å²) in [6.45, 7) is 4.08. The SMILES string of the molecule is CC1CCCC(C(=O)N2CCCC(CCO)C2)C1N. The van der Waals surface area contributed by atoms with Gasteiger partial charge in [0.15, 0.2) is 0 Å². The fourth-order valence-electron chi connectivity index (χ4n) is 3.65. The zero-order chi connectivity index (χ0) is 13.8. The maximum absolute atomic E-state index is 12.6. The lowest BCUT2D eigenvalue weighted by Gasteiger charge is -2.39. The molecule has 110 valence electrons. The van der Waals surface area contributed by atoms with E-state index in [-0.39, 0.29) is 24.5 Å². The van der Waals surface area contributed by atoms with Crippen molar-refractivity contribution in [3.8, 4) is 0 Å². The van der Waals surface area contributed by atoms with Crippen LogP contribution < -0.4 is 5.73 Å². The number of hydrogen-bond acceptors (Lipinski definition) is 3. The average molecular weight is 268 g/mol. The molecular weight excluding hydrogens is 240 g/mol. The van der Waals surface area contributed by atoms with Crippen molar-refractivity contribution < 1.29 is 9.90 Å². The van der Waals surface area contributed by atoms with Gasteiger partial charge < -0.3 is 15.7 Å². The highest BCUT2D eigenvalue weighted by Crippen LogP contribution is 2.30. The van der Waals surface area contributed by atoms with Crippen LogP contribution in [0.25, 0.3) is 0 Å². The Morgan fingerprint density at radius 2 is 2.11 bits per heavy atom. The zero-order valence-corrected chi connectivity index (χ0v) is 12.1. The van der Waals surface area contributed by atoms with Crippen LogP contribution in [0, 0.1) is 17.8 Å².